The van der Waals surface area contributed by atoms with Gasteiger partial charge in [0.05, 0.1) is 9.26 Å². The second-order valence-corrected chi connectivity index (χ2v) is 5.63. The first-order valence-electron chi connectivity index (χ1n) is 4.84. The lowest BCUT2D eigenvalue weighted by Gasteiger charge is -2.18. The van der Waals surface area contributed by atoms with E-state index in [4.69, 9.17) is 11.6 Å². The molecule has 1 aliphatic heterocycles. The Labute approximate surface area is 118 Å². The average Bonchev–Trinajstić information content (AvgIpc) is 2.63. The van der Waals surface area contributed by atoms with Crippen LogP contribution in [-0.4, -0.2) is 23.2 Å². The fourth-order valence-corrected chi connectivity index (χ4v) is 2.73. The highest BCUT2D eigenvalue weighted by Crippen LogP contribution is 2.30. The van der Waals surface area contributed by atoms with E-state index in [1.165, 1.54) is 0 Å². The zero-order chi connectivity index (χ0) is 11.7. The van der Waals surface area contributed by atoms with Crippen molar-refractivity contribution in [3.05, 3.63) is 21.0 Å². The quantitative estimate of drug-likeness (QED) is 0.494. The molecule has 1 saturated heterocycles. The maximum absolute atomic E-state index is 11.8. The number of thiol groups is 1. The summed E-state index contributed by atoms with van der Waals surface area (Å²) in [5, 5.41) is 0.414. The predicted molar refractivity (Wildman–Crippen MR) is 76.3 cm³/mol. The van der Waals surface area contributed by atoms with E-state index in [0.717, 1.165) is 21.6 Å². The Hall–Kier alpha value is -0.0100. The van der Waals surface area contributed by atoms with Crippen LogP contribution in [0.25, 0.3) is 0 Å². The van der Waals surface area contributed by atoms with Gasteiger partial charge in [0.2, 0.25) is 5.91 Å². The summed E-state index contributed by atoms with van der Waals surface area (Å²) in [7, 11) is 0. The van der Waals surface area contributed by atoms with E-state index in [0.29, 0.717) is 17.5 Å². The Morgan fingerprint density at radius 2 is 2.44 bits per heavy atom. The summed E-state index contributed by atoms with van der Waals surface area (Å²) in [5.74, 6) is 1.20. The molecule has 6 heteroatoms. The number of aromatic nitrogens is 1. The fourth-order valence-electron chi connectivity index (χ4n) is 1.75. The molecule has 1 atom stereocenters. The maximum Gasteiger partial charge on any atom is 0.227 e. The third-order valence-electron chi connectivity index (χ3n) is 2.56. The number of halogens is 2. The van der Waals surface area contributed by atoms with Gasteiger partial charge in [-0.25, -0.2) is 4.98 Å². The first-order chi connectivity index (χ1) is 7.61. The van der Waals surface area contributed by atoms with Gasteiger partial charge in [0.1, 0.15) is 5.15 Å². The van der Waals surface area contributed by atoms with Gasteiger partial charge in [-0.05, 0) is 34.3 Å². The normalized spacial score (nSPS) is 20.6. The van der Waals surface area contributed by atoms with Crippen LogP contribution in [0.3, 0.4) is 0 Å². The number of anilines is 1. The minimum atomic E-state index is 0.138. The van der Waals surface area contributed by atoms with Crippen molar-refractivity contribution in [2.24, 2.45) is 5.92 Å². The number of nitrogens with zero attached hydrogens (tertiary/aromatic N) is 2. The van der Waals surface area contributed by atoms with Gasteiger partial charge in [0, 0.05) is 25.2 Å². The molecular formula is C10H10ClIN2OS. The van der Waals surface area contributed by atoms with Gasteiger partial charge in [-0.1, -0.05) is 11.6 Å². The van der Waals surface area contributed by atoms with Crippen LogP contribution in [-0.2, 0) is 4.79 Å². The van der Waals surface area contributed by atoms with Crippen molar-refractivity contribution in [2.75, 3.05) is 17.2 Å². The number of amides is 1. The highest BCUT2D eigenvalue weighted by Gasteiger charge is 2.30. The Balaban J connectivity index is 2.30. The summed E-state index contributed by atoms with van der Waals surface area (Å²) in [6, 6.07) is 1.74. The van der Waals surface area contributed by atoms with Gasteiger partial charge >= 0.3 is 0 Å². The van der Waals surface area contributed by atoms with Gasteiger partial charge in [-0.15, -0.1) is 0 Å². The standard InChI is InChI=1S/C10H10ClIN2OS/c11-9-2-8(7(12)3-13-9)14-4-6(5-16)1-10(14)15/h2-3,6,16H,1,4-5H2. The molecule has 1 aromatic heterocycles. The van der Waals surface area contributed by atoms with Gasteiger partial charge in [-0.3, -0.25) is 4.79 Å². The smallest absolute Gasteiger partial charge is 0.227 e. The van der Waals surface area contributed by atoms with E-state index in [-0.39, 0.29) is 5.91 Å². The van der Waals surface area contributed by atoms with Crippen LogP contribution in [0.4, 0.5) is 5.69 Å². The number of carbonyl (C=O) groups excluding carboxylic acids is 1. The van der Waals surface area contributed by atoms with Crippen molar-refractivity contribution in [3.63, 3.8) is 0 Å². The number of hydrogen-bond donors (Lipinski definition) is 1. The summed E-state index contributed by atoms with van der Waals surface area (Å²) in [6.45, 7) is 0.721. The van der Waals surface area contributed by atoms with Gasteiger partial charge in [0.25, 0.3) is 0 Å². The molecule has 1 aromatic rings. The Kier molecular flexibility index (Phi) is 3.97. The van der Waals surface area contributed by atoms with Crippen LogP contribution in [0.15, 0.2) is 12.3 Å². The molecule has 3 nitrogen and oxygen atoms in total. The number of pyridine rings is 1. The van der Waals surface area contributed by atoms with Gasteiger partial charge in [0.15, 0.2) is 0 Å². The molecule has 0 aliphatic carbocycles. The molecule has 2 heterocycles. The van der Waals surface area contributed by atoms with Crippen LogP contribution in [0.2, 0.25) is 5.15 Å². The second-order valence-electron chi connectivity index (χ2n) is 3.72. The van der Waals surface area contributed by atoms with Crippen molar-refractivity contribution >= 4 is 58.4 Å². The second kappa shape index (κ2) is 5.10. The summed E-state index contributed by atoms with van der Waals surface area (Å²) in [6.07, 6.45) is 2.25. The van der Waals surface area contributed by atoms with E-state index in [2.05, 4.69) is 40.2 Å². The minimum absolute atomic E-state index is 0.138. The third-order valence-corrected chi connectivity index (χ3v) is 4.11. The number of carbonyl (C=O) groups is 1. The Bertz CT molecular complexity index is 429. The van der Waals surface area contributed by atoms with Crippen LogP contribution in [0.1, 0.15) is 6.42 Å². The van der Waals surface area contributed by atoms with E-state index in [9.17, 15) is 4.79 Å². The highest BCUT2D eigenvalue weighted by atomic mass is 127. The predicted octanol–water partition coefficient (Wildman–Crippen LogP) is 2.62. The molecule has 0 aromatic carbocycles. The van der Waals surface area contributed by atoms with Crippen LogP contribution in [0, 0.1) is 9.49 Å². The molecule has 0 radical (unpaired) electrons. The van der Waals surface area contributed by atoms with E-state index in [1.807, 2.05) is 0 Å². The molecule has 0 bridgehead atoms. The molecule has 2 rings (SSSR count). The zero-order valence-corrected chi connectivity index (χ0v) is 12.2. The summed E-state index contributed by atoms with van der Waals surface area (Å²) in [5.41, 5.74) is 0.856. The number of rotatable bonds is 2. The van der Waals surface area contributed by atoms with Crippen LogP contribution in [0.5, 0.6) is 0 Å². The molecule has 0 saturated carbocycles. The molecule has 1 fully saturated rings. The first kappa shape index (κ1) is 12.4. The minimum Gasteiger partial charge on any atom is -0.311 e. The molecule has 1 unspecified atom stereocenters. The summed E-state index contributed by atoms with van der Waals surface area (Å²) >= 11 is 12.2. The topological polar surface area (TPSA) is 33.2 Å². The summed E-state index contributed by atoms with van der Waals surface area (Å²) in [4.78, 5) is 17.6. The van der Waals surface area contributed by atoms with Crippen molar-refractivity contribution in [3.8, 4) is 0 Å². The van der Waals surface area contributed by atoms with Crippen molar-refractivity contribution in [2.45, 2.75) is 6.42 Å². The lowest BCUT2D eigenvalue weighted by molar-refractivity contribution is -0.117. The van der Waals surface area contributed by atoms with Crippen molar-refractivity contribution in [1.82, 2.24) is 4.98 Å². The Morgan fingerprint density at radius 3 is 3.06 bits per heavy atom. The molecule has 16 heavy (non-hydrogen) atoms. The van der Waals surface area contributed by atoms with E-state index in [1.54, 1.807) is 17.2 Å². The maximum atomic E-state index is 11.8. The highest BCUT2D eigenvalue weighted by molar-refractivity contribution is 14.1. The average molecular weight is 369 g/mol. The Morgan fingerprint density at radius 1 is 1.69 bits per heavy atom. The lowest BCUT2D eigenvalue weighted by Crippen LogP contribution is -2.25. The molecule has 0 N–H and O–H groups in total. The van der Waals surface area contributed by atoms with E-state index < -0.39 is 0 Å². The molecule has 0 spiro atoms. The van der Waals surface area contributed by atoms with Gasteiger partial charge in [-0.2, -0.15) is 12.6 Å². The van der Waals surface area contributed by atoms with Crippen molar-refractivity contribution in [1.29, 1.82) is 0 Å². The zero-order valence-electron chi connectivity index (χ0n) is 8.36. The fraction of sp³-hybridized carbons (Fsp3) is 0.400. The molecule has 1 aliphatic rings. The monoisotopic (exact) mass is 368 g/mol. The number of hydrogen-bond acceptors (Lipinski definition) is 3. The summed E-state index contributed by atoms with van der Waals surface area (Å²) < 4.78 is 0.940. The largest absolute Gasteiger partial charge is 0.311 e. The van der Waals surface area contributed by atoms with Gasteiger partial charge < -0.3 is 4.90 Å². The molecular weight excluding hydrogens is 359 g/mol. The van der Waals surface area contributed by atoms with Crippen molar-refractivity contribution < 1.29 is 4.79 Å². The SMILES string of the molecule is O=C1CC(CS)CN1c1cc(Cl)ncc1I. The molecule has 86 valence electrons. The van der Waals surface area contributed by atoms with Crippen LogP contribution >= 0.6 is 46.8 Å². The van der Waals surface area contributed by atoms with E-state index >= 15 is 0 Å². The molecule has 1 amide bonds. The third kappa shape index (κ3) is 2.46. The lowest BCUT2D eigenvalue weighted by atomic mass is 10.1. The first-order valence-corrected chi connectivity index (χ1v) is 6.93. The van der Waals surface area contributed by atoms with Crippen LogP contribution < -0.4 is 4.90 Å².